The van der Waals surface area contributed by atoms with Gasteiger partial charge in [-0.25, -0.2) is 0 Å². The molecule has 0 fully saturated rings. The minimum atomic E-state index is 0.904. The third-order valence-electron chi connectivity index (χ3n) is 12.4. The van der Waals surface area contributed by atoms with Gasteiger partial charge in [0.1, 0.15) is 11.2 Å². The van der Waals surface area contributed by atoms with Gasteiger partial charge < -0.3 is 13.9 Å². The lowest BCUT2D eigenvalue weighted by Crippen LogP contribution is -2.09. The fraction of sp³-hybridized carbons (Fsp3) is 0. The number of rotatable bonds is 8. The van der Waals surface area contributed by atoms with Gasteiger partial charge in [-0.05, 0) is 123 Å². The third-order valence-corrected chi connectivity index (χ3v) is 12.4. The van der Waals surface area contributed by atoms with Crippen LogP contribution in [-0.4, -0.2) is 4.57 Å². The molecule has 63 heavy (non-hydrogen) atoms. The van der Waals surface area contributed by atoms with Crippen molar-refractivity contribution < 1.29 is 4.42 Å². The van der Waals surface area contributed by atoms with Crippen LogP contribution in [0.15, 0.2) is 247 Å². The van der Waals surface area contributed by atoms with E-state index in [9.17, 15) is 0 Å². The number of benzene rings is 10. The summed E-state index contributed by atoms with van der Waals surface area (Å²) in [7, 11) is 0. The zero-order valence-electron chi connectivity index (χ0n) is 34.4. The molecule has 0 bridgehead atoms. The molecule has 296 valence electrons. The van der Waals surface area contributed by atoms with Crippen molar-refractivity contribution in [3.05, 3.63) is 243 Å². The van der Waals surface area contributed by atoms with Gasteiger partial charge in [0.2, 0.25) is 0 Å². The highest BCUT2D eigenvalue weighted by Gasteiger charge is 2.17. The van der Waals surface area contributed by atoms with Crippen molar-refractivity contribution in [2.45, 2.75) is 0 Å². The van der Waals surface area contributed by atoms with Crippen molar-refractivity contribution in [1.82, 2.24) is 4.57 Å². The van der Waals surface area contributed by atoms with Gasteiger partial charge in [-0.2, -0.15) is 0 Å². The molecule has 0 amide bonds. The minimum absolute atomic E-state index is 0.904. The molecular formula is C60H40N2O. The summed E-state index contributed by atoms with van der Waals surface area (Å²) in [5.74, 6) is 0. The topological polar surface area (TPSA) is 21.3 Å². The Morgan fingerprint density at radius 2 is 0.730 bits per heavy atom. The molecule has 12 aromatic rings. The van der Waals surface area contributed by atoms with Gasteiger partial charge in [0.15, 0.2) is 0 Å². The van der Waals surface area contributed by atoms with Gasteiger partial charge in [0.05, 0.1) is 11.0 Å². The molecule has 0 saturated heterocycles. The molecule has 0 N–H and O–H groups in total. The first-order chi connectivity index (χ1) is 31.2. The maximum Gasteiger partial charge on any atom is 0.136 e. The molecular weight excluding hydrogens is 765 g/mol. The molecule has 3 heteroatoms. The van der Waals surface area contributed by atoms with E-state index in [4.69, 9.17) is 4.42 Å². The van der Waals surface area contributed by atoms with E-state index in [0.717, 1.165) is 61.4 Å². The van der Waals surface area contributed by atoms with Crippen LogP contribution in [0.2, 0.25) is 0 Å². The summed E-state index contributed by atoms with van der Waals surface area (Å²) < 4.78 is 8.60. The van der Waals surface area contributed by atoms with E-state index in [2.05, 4.69) is 240 Å². The van der Waals surface area contributed by atoms with E-state index in [1.165, 1.54) is 49.6 Å². The largest absolute Gasteiger partial charge is 0.456 e. The number of nitrogens with zero attached hydrogens (tertiary/aromatic N) is 2. The Balaban J connectivity index is 0.879. The Morgan fingerprint density at radius 1 is 0.302 bits per heavy atom. The number of hydrogen-bond donors (Lipinski definition) is 0. The van der Waals surface area contributed by atoms with Crippen LogP contribution in [0, 0.1) is 0 Å². The van der Waals surface area contributed by atoms with Gasteiger partial charge in [0, 0.05) is 44.3 Å². The van der Waals surface area contributed by atoms with Crippen molar-refractivity contribution in [3.8, 4) is 50.2 Å². The van der Waals surface area contributed by atoms with Gasteiger partial charge in [-0.15, -0.1) is 0 Å². The van der Waals surface area contributed by atoms with Crippen molar-refractivity contribution in [2.24, 2.45) is 0 Å². The van der Waals surface area contributed by atoms with Crippen molar-refractivity contribution >= 4 is 60.8 Å². The highest BCUT2D eigenvalue weighted by atomic mass is 16.3. The number of aromatic nitrogens is 1. The first-order valence-corrected chi connectivity index (χ1v) is 21.5. The molecule has 0 aliphatic carbocycles. The highest BCUT2D eigenvalue weighted by Crippen LogP contribution is 2.41. The van der Waals surface area contributed by atoms with Crippen LogP contribution in [-0.2, 0) is 0 Å². The fourth-order valence-electron chi connectivity index (χ4n) is 9.37. The zero-order chi connectivity index (χ0) is 41.7. The summed E-state index contributed by atoms with van der Waals surface area (Å²) in [5, 5.41) is 4.82. The molecule has 0 aliphatic rings. The van der Waals surface area contributed by atoms with Gasteiger partial charge in [-0.1, -0.05) is 164 Å². The van der Waals surface area contributed by atoms with E-state index in [1.807, 2.05) is 12.1 Å². The molecule has 2 heterocycles. The second-order valence-electron chi connectivity index (χ2n) is 16.1. The van der Waals surface area contributed by atoms with E-state index in [-0.39, 0.29) is 0 Å². The Labute approximate surface area is 366 Å². The molecule has 0 saturated carbocycles. The molecule has 0 atom stereocenters. The summed E-state index contributed by atoms with van der Waals surface area (Å²) >= 11 is 0. The molecule has 0 radical (unpaired) electrons. The molecule has 0 unspecified atom stereocenters. The van der Waals surface area contributed by atoms with E-state index in [1.54, 1.807) is 0 Å². The van der Waals surface area contributed by atoms with Crippen LogP contribution in [0.3, 0.4) is 0 Å². The normalized spacial score (nSPS) is 11.5. The van der Waals surface area contributed by atoms with Crippen molar-refractivity contribution in [2.75, 3.05) is 4.90 Å². The monoisotopic (exact) mass is 804 g/mol. The summed E-state index contributed by atoms with van der Waals surface area (Å²) in [6.07, 6.45) is 0. The Hall–Kier alpha value is -8.40. The Morgan fingerprint density at radius 3 is 1.33 bits per heavy atom. The lowest BCUT2D eigenvalue weighted by molar-refractivity contribution is 0.669. The second kappa shape index (κ2) is 15.3. The van der Waals surface area contributed by atoms with Crippen LogP contribution in [0.25, 0.3) is 93.9 Å². The van der Waals surface area contributed by atoms with Crippen LogP contribution in [0.5, 0.6) is 0 Å². The first-order valence-electron chi connectivity index (χ1n) is 21.5. The van der Waals surface area contributed by atoms with Gasteiger partial charge in [0.25, 0.3) is 0 Å². The highest BCUT2D eigenvalue weighted by molar-refractivity contribution is 6.12. The fourth-order valence-corrected chi connectivity index (χ4v) is 9.37. The number of furan rings is 1. The number of anilines is 3. The number of para-hydroxylation sites is 3. The average molecular weight is 805 g/mol. The van der Waals surface area contributed by atoms with Crippen LogP contribution in [0.1, 0.15) is 0 Å². The van der Waals surface area contributed by atoms with E-state index < -0.39 is 0 Å². The maximum atomic E-state index is 6.23. The Kier molecular flexibility index (Phi) is 8.83. The van der Waals surface area contributed by atoms with Gasteiger partial charge >= 0.3 is 0 Å². The predicted molar refractivity (Wildman–Crippen MR) is 264 cm³/mol. The minimum Gasteiger partial charge on any atom is -0.456 e. The molecule has 0 aliphatic heterocycles. The van der Waals surface area contributed by atoms with E-state index in [0.29, 0.717) is 0 Å². The second-order valence-corrected chi connectivity index (χ2v) is 16.1. The third kappa shape index (κ3) is 6.46. The van der Waals surface area contributed by atoms with E-state index >= 15 is 0 Å². The van der Waals surface area contributed by atoms with Crippen molar-refractivity contribution in [1.29, 1.82) is 0 Å². The first kappa shape index (κ1) is 36.5. The number of fused-ring (bicyclic) bond motifs is 6. The number of hydrogen-bond acceptors (Lipinski definition) is 2. The van der Waals surface area contributed by atoms with Crippen molar-refractivity contribution in [3.63, 3.8) is 0 Å². The van der Waals surface area contributed by atoms with Crippen LogP contribution < -0.4 is 4.90 Å². The predicted octanol–water partition coefficient (Wildman–Crippen LogP) is 16.8. The molecule has 2 aromatic heterocycles. The molecule has 12 rings (SSSR count). The van der Waals surface area contributed by atoms with Crippen LogP contribution in [0.4, 0.5) is 17.1 Å². The molecule has 10 aromatic carbocycles. The summed E-state index contributed by atoms with van der Waals surface area (Å²) in [6, 6.07) is 87.0. The summed E-state index contributed by atoms with van der Waals surface area (Å²) in [4.78, 5) is 2.34. The maximum absolute atomic E-state index is 6.23. The molecule has 3 nitrogen and oxygen atoms in total. The molecule has 0 spiro atoms. The smallest absolute Gasteiger partial charge is 0.136 e. The van der Waals surface area contributed by atoms with Crippen LogP contribution >= 0.6 is 0 Å². The van der Waals surface area contributed by atoms with Gasteiger partial charge in [-0.3, -0.25) is 0 Å². The standard InChI is InChI=1S/C60H40N2O/c1-2-12-41(13-3-1)42-24-32-48(33-25-42)61(49-34-26-43(27-35-49)44-28-38-51(39-29-44)62-56-20-7-4-16-53(56)54-17-5-8-21-57(54)62)50-36-30-45(31-37-50)46-14-10-15-47(40-46)52-19-11-23-59-60(52)55-18-6-9-22-58(55)63-59/h1-40H. The summed E-state index contributed by atoms with van der Waals surface area (Å²) in [6.45, 7) is 0. The zero-order valence-corrected chi connectivity index (χ0v) is 34.4. The average Bonchev–Trinajstić information content (AvgIpc) is 3.91. The Bertz CT molecular complexity index is 3530. The lowest BCUT2D eigenvalue weighted by atomic mass is 9.96. The quantitative estimate of drug-likeness (QED) is 0.153. The lowest BCUT2D eigenvalue weighted by Gasteiger charge is -2.26. The summed E-state index contributed by atoms with van der Waals surface area (Å²) in [5.41, 5.74) is 18.0. The SMILES string of the molecule is c1ccc(-c2ccc(N(c3ccc(-c4ccc(-n5c6ccccc6c6ccccc65)cc4)cc3)c3ccc(-c4cccc(-c5cccc6oc7ccccc7c56)c4)cc3)cc2)cc1.